The lowest BCUT2D eigenvalue weighted by molar-refractivity contribution is 0.207. The molecule has 0 radical (unpaired) electrons. The number of ether oxygens (including phenoxy) is 1. The summed E-state index contributed by atoms with van der Waals surface area (Å²) in [7, 11) is 1.55. The highest BCUT2D eigenvalue weighted by molar-refractivity contribution is 5.89. The largest absolute Gasteiger partial charge is 0.491 e. The van der Waals surface area contributed by atoms with E-state index in [0.29, 0.717) is 13.2 Å². The molecule has 2 rings (SSSR count). The van der Waals surface area contributed by atoms with Gasteiger partial charge in [-0.3, -0.25) is 0 Å². The van der Waals surface area contributed by atoms with Crippen molar-refractivity contribution in [2.75, 3.05) is 25.5 Å². The summed E-state index contributed by atoms with van der Waals surface area (Å²) in [6.07, 6.45) is 0. The lowest BCUT2D eigenvalue weighted by Gasteiger charge is -2.18. The highest BCUT2D eigenvalue weighted by Gasteiger charge is 2.13. The monoisotopic (exact) mass is 321 g/mol. The topological polar surface area (TPSA) is 54.5 Å². The number of para-hydroxylation sites is 1. The summed E-state index contributed by atoms with van der Waals surface area (Å²) in [5.41, 5.74) is 0.821. The molecule has 0 saturated heterocycles. The standard InChI is InChI=1S/C16H17F2N3O2/c1-11-5-3-4-6-13(11)23-10-9-21(2)16(22)19-12-7-8-14(17)20-15(12)18/h3-8H,9-10H2,1-2H3,(H,19,22). The maximum atomic E-state index is 13.4. The number of likely N-dealkylation sites (N-methyl/N-ethyl adjacent to an activating group) is 1. The van der Waals surface area contributed by atoms with Gasteiger partial charge < -0.3 is 15.0 Å². The molecule has 1 aromatic heterocycles. The highest BCUT2D eigenvalue weighted by atomic mass is 19.1. The SMILES string of the molecule is Cc1ccccc1OCCN(C)C(=O)Nc1ccc(F)nc1F. The fraction of sp³-hybridized carbons (Fsp3) is 0.250. The van der Waals surface area contributed by atoms with Gasteiger partial charge in [0.15, 0.2) is 0 Å². The number of urea groups is 1. The van der Waals surface area contributed by atoms with Crippen molar-refractivity contribution in [3.05, 3.63) is 53.9 Å². The number of carbonyl (C=O) groups excluding carboxylic acids is 1. The maximum Gasteiger partial charge on any atom is 0.321 e. The van der Waals surface area contributed by atoms with Gasteiger partial charge in [0.1, 0.15) is 12.4 Å². The van der Waals surface area contributed by atoms with Gasteiger partial charge in [-0.2, -0.15) is 13.8 Å². The van der Waals surface area contributed by atoms with E-state index in [2.05, 4.69) is 10.3 Å². The molecule has 0 saturated carbocycles. The molecule has 1 N–H and O–H groups in total. The van der Waals surface area contributed by atoms with Crippen LogP contribution in [-0.4, -0.2) is 36.1 Å². The van der Waals surface area contributed by atoms with E-state index >= 15 is 0 Å². The van der Waals surface area contributed by atoms with Crippen LogP contribution in [0.25, 0.3) is 0 Å². The van der Waals surface area contributed by atoms with Crippen molar-refractivity contribution in [3.8, 4) is 5.75 Å². The molecule has 0 unspecified atom stereocenters. The molecule has 1 heterocycles. The van der Waals surface area contributed by atoms with E-state index in [0.717, 1.165) is 23.4 Å². The molecule has 122 valence electrons. The van der Waals surface area contributed by atoms with Gasteiger partial charge in [0, 0.05) is 7.05 Å². The Labute approximate surface area is 132 Å². The minimum atomic E-state index is -1.07. The lowest BCUT2D eigenvalue weighted by Crippen LogP contribution is -2.34. The summed E-state index contributed by atoms with van der Waals surface area (Å²) >= 11 is 0. The number of pyridine rings is 1. The molecule has 0 atom stereocenters. The molecule has 2 aromatic rings. The quantitative estimate of drug-likeness (QED) is 0.860. The average Bonchev–Trinajstić information content (AvgIpc) is 2.51. The number of hydrogen-bond acceptors (Lipinski definition) is 3. The fourth-order valence-corrected chi connectivity index (χ4v) is 1.83. The zero-order valence-electron chi connectivity index (χ0n) is 12.8. The first kappa shape index (κ1) is 16.7. The number of amides is 2. The Kier molecular flexibility index (Phi) is 5.46. The second kappa shape index (κ2) is 7.53. The second-order valence-corrected chi connectivity index (χ2v) is 4.94. The smallest absolute Gasteiger partial charge is 0.321 e. The summed E-state index contributed by atoms with van der Waals surface area (Å²) in [4.78, 5) is 16.3. The first-order chi connectivity index (χ1) is 11.0. The number of benzene rings is 1. The zero-order chi connectivity index (χ0) is 16.8. The molecule has 0 fully saturated rings. The Balaban J connectivity index is 1.84. The Morgan fingerprint density at radius 2 is 2.00 bits per heavy atom. The minimum Gasteiger partial charge on any atom is -0.491 e. The van der Waals surface area contributed by atoms with Gasteiger partial charge in [0.2, 0.25) is 11.9 Å². The van der Waals surface area contributed by atoms with E-state index < -0.39 is 17.9 Å². The summed E-state index contributed by atoms with van der Waals surface area (Å²) in [6.45, 7) is 2.52. The Morgan fingerprint density at radius 3 is 2.70 bits per heavy atom. The summed E-state index contributed by atoms with van der Waals surface area (Å²) in [6, 6.07) is 9.10. The highest BCUT2D eigenvalue weighted by Crippen LogP contribution is 2.16. The van der Waals surface area contributed by atoms with Gasteiger partial charge in [-0.15, -0.1) is 0 Å². The van der Waals surface area contributed by atoms with E-state index in [4.69, 9.17) is 4.74 Å². The molecule has 0 aliphatic carbocycles. The van der Waals surface area contributed by atoms with Crippen molar-refractivity contribution in [1.29, 1.82) is 0 Å². The normalized spacial score (nSPS) is 10.3. The van der Waals surface area contributed by atoms with Crippen LogP contribution in [0.4, 0.5) is 19.3 Å². The first-order valence-electron chi connectivity index (χ1n) is 7.00. The molecule has 0 spiro atoms. The third kappa shape index (κ3) is 4.64. The third-order valence-electron chi connectivity index (χ3n) is 3.18. The lowest BCUT2D eigenvalue weighted by atomic mass is 10.2. The predicted molar refractivity (Wildman–Crippen MR) is 82.5 cm³/mol. The molecule has 0 aliphatic heterocycles. The number of carbonyl (C=O) groups is 1. The number of aryl methyl sites for hydroxylation is 1. The second-order valence-electron chi connectivity index (χ2n) is 4.94. The molecule has 1 aromatic carbocycles. The third-order valence-corrected chi connectivity index (χ3v) is 3.18. The van der Waals surface area contributed by atoms with Crippen molar-refractivity contribution in [2.45, 2.75) is 6.92 Å². The van der Waals surface area contributed by atoms with Crippen molar-refractivity contribution in [3.63, 3.8) is 0 Å². The van der Waals surface area contributed by atoms with E-state index in [1.807, 2.05) is 31.2 Å². The number of aromatic nitrogens is 1. The number of rotatable bonds is 5. The average molecular weight is 321 g/mol. The summed E-state index contributed by atoms with van der Waals surface area (Å²) in [5, 5.41) is 2.32. The van der Waals surface area contributed by atoms with Crippen molar-refractivity contribution >= 4 is 11.7 Å². The van der Waals surface area contributed by atoms with E-state index in [1.165, 1.54) is 4.90 Å². The minimum absolute atomic E-state index is 0.178. The molecule has 0 bridgehead atoms. The summed E-state index contributed by atoms with van der Waals surface area (Å²) < 4.78 is 31.7. The Bertz CT molecular complexity index is 695. The van der Waals surface area contributed by atoms with Gasteiger partial charge in [-0.1, -0.05) is 18.2 Å². The van der Waals surface area contributed by atoms with Gasteiger partial charge in [0.05, 0.1) is 12.2 Å². The molecule has 7 heteroatoms. The van der Waals surface area contributed by atoms with Crippen LogP contribution < -0.4 is 10.1 Å². The van der Waals surface area contributed by atoms with E-state index in [9.17, 15) is 13.6 Å². The maximum absolute atomic E-state index is 13.4. The molecule has 23 heavy (non-hydrogen) atoms. The van der Waals surface area contributed by atoms with E-state index in [-0.39, 0.29) is 5.69 Å². The fourth-order valence-electron chi connectivity index (χ4n) is 1.83. The van der Waals surface area contributed by atoms with Crippen LogP contribution >= 0.6 is 0 Å². The van der Waals surface area contributed by atoms with Crippen LogP contribution in [0.15, 0.2) is 36.4 Å². The number of hydrogen-bond donors (Lipinski definition) is 1. The van der Waals surface area contributed by atoms with Crippen LogP contribution in [0, 0.1) is 18.8 Å². The number of nitrogens with zero attached hydrogens (tertiary/aromatic N) is 2. The Hall–Kier alpha value is -2.70. The Morgan fingerprint density at radius 1 is 1.26 bits per heavy atom. The van der Waals surface area contributed by atoms with Crippen LogP contribution in [0.3, 0.4) is 0 Å². The zero-order valence-corrected chi connectivity index (χ0v) is 12.8. The van der Waals surface area contributed by atoms with Gasteiger partial charge >= 0.3 is 6.03 Å². The molecular formula is C16H17F2N3O2. The van der Waals surface area contributed by atoms with Crippen molar-refractivity contribution in [2.24, 2.45) is 0 Å². The van der Waals surface area contributed by atoms with Crippen molar-refractivity contribution < 1.29 is 18.3 Å². The van der Waals surface area contributed by atoms with Crippen molar-refractivity contribution in [1.82, 2.24) is 9.88 Å². The van der Waals surface area contributed by atoms with Crippen LogP contribution in [0.1, 0.15) is 5.56 Å². The predicted octanol–water partition coefficient (Wildman–Crippen LogP) is 3.21. The van der Waals surface area contributed by atoms with Crippen LogP contribution in [0.2, 0.25) is 0 Å². The van der Waals surface area contributed by atoms with Gasteiger partial charge in [-0.25, -0.2) is 4.79 Å². The molecule has 2 amide bonds. The van der Waals surface area contributed by atoms with Crippen LogP contribution in [-0.2, 0) is 0 Å². The number of nitrogens with one attached hydrogen (secondary N) is 1. The summed E-state index contributed by atoms with van der Waals surface area (Å²) in [5.74, 6) is -1.27. The number of anilines is 1. The van der Waals surface area contributed by atoms with E-state index in [1.54, 1.807) is 7.05 Å². The van der Waals surface area contributed by atoms with Gasteiger partial charge in [-0.05, 0) is 30.7 Å². The molecular weight excluding hydrogens is 304 g/mol. The molecule has 0 aliphatic rings. The molecule has 5 nitrogen and oxygen atoms in total. The first-order valence-corrected chi connectivity index (χ1v) is 7.00. The number of halogens is 2. The van der Waals surface area contributed by atoms with Gasteiger partial charge in [0.25, 0.3) is 0 Å². The van der Waals surface area contributed by atoms with Crippen LogP contribution in [0.5, 0.6) is 5.75 Å².